The zero-order valence-electron chi connectivity index (χ0n) is 19.2. The van der Waals surface area contributed by atoms with Gasteiger partial charge in [0.25, 0.3) is 5.91 Å². The maximum absolute atomic E-state index is 14.1. The van der Waals surface area contributed by atoms with E-state index in [1.54, 1.807) is 25.1 Å². The summed E-state index contributed by atoms with van der Waals surface area (Å²) in [5.41, 5.74) is 1.20. The number of anilines is 1. The summed E-state index contributed by atoms with van der Waals surface area (Å²) in [7, 11) is -3.59. The number of hydrogen-bond donors (Lipinski definition) is 1. The van der Waals surface area contributed by atoms with Gasteiger partial charge in [0, 0.05) is 24.7 Å². The molecule has 0 atom stereocenters. The summed E-state index contributed by atoms with van der Waals surface area (Å²) in [6.45, 7) is 4.91. The number of carbonyl (C=O) groups excluding carboxylic acids is 1. The number of nitrogens with one attached hydrogen (secondary N) is 1. The van der Waals surface area contributed by atoms with Crippen LogP contribution in [0.4, 0.5) is 10.2 Å². The molecule has 1 fully saturated rings. The fourth-order valence-electron chi connectivity index (χ4n) is 4.07. The van der Waals surface area contributed by atoms with Gasteiger partial charge in [0.15, 0.2) is 0 Å². The van der Waals surface area contributed by atoms with E-state index in [0.717, 1.165) is 12.8 Å². The number of para-hydroxylation sites is 1. The molecule has 0 spiro atoms. The molecule has 5 rings (SSSR count). The molecule has 1 N–H and O–H groups in total. The summed E-state index contributed by atoms with van der Waals surface area (Å²) in [6, 6.07) is 12.3. The van der Waals surface area contributed by atoms with E-state index in [1.807, 2.05) is 0 Å². The Balaban J connectivity index is 1.36. The third-order valence-corrected chi connectivity index (χ3v) is 9.02. The van der Waals surface area contributed by atoms with Crippen molar-refractivity contribution in [1.82, 2.24) is 19.1 Å². The van der Waals surface area contributed by atoms with Gasteiger partial charge in [-0.2, -0.15) is 14.1 Å². The van der Waals surface area contributed by atoms with Crippen molar-refractivity contribution in [3.8, 4) is 5.13 Å². The van der Waals surface area contributed by atoms with Gasteiger partial charge in [-0.05, 0) is 62.1 Å². The molecule has 1 amide bonds. The van der Waals surface area contributed by atoms with Gasteiger partial charge in [-0.25, -0.2) is 17.8 Å². The predicted molar refractivity (Wildman–Crippen MR) is 133 cm³/mol. The van der Waals surface area contributed by atoms with Crippen molar-refractivity contribution in [3.05, 3.63) is 65.6 Å². The van der Waals surface area contributed by atoms with Crippen LogP contribution in [0, 0.1) is 18.7 Å². The van der Waals surface area contributed by atoms with Gasteiger partial charge in [-0.15, -0.1) is 0 Å². The van der Waals surface area contributed by atoms with Gasteiger partial charge >= 0.3 is 0 Å². The first-order valence-electron chi connectivity index (χ1n) is 11.3. The van der Waals surface area contributed by atoms with Gasteiger partial charge in [0.2, 0.25) is 15.2 Å². The van der Waals surface area contributed by atoms with Crippen molar-refractivity contribution in [2.75, 3.05) is 18.4 Å². The summed E-state index contributed by atoms with van der Waals surface area (Å²) >= 11 is 1.26. The minimum atomic E-state index is -3.59. The third kappa shape index (κ3) is 4.58. The van der Waals surface area contributed by atoms with Gasteiger partial charge in [-0.3, -0.25) is 4.79 Å². The lowest BCUT2D eigenvalue weighted by molar-refractivity contribution is 0.102. The zero-order valence-corrected chi connectivity index (χ0v) is 20.9. The highest BCUT2D eigenvalue weighted by Gasteiger charge is 2.28. The summed E-state index contributed by atoms with van der Waals surface area (Å²) in [5, 5.41) is 7.63. The van der Waals surface area contributed by atoms with Crippen LogP contribution in [0.3, 0.4) is 0 Å². The number of thiazole rings is 1. The Hall–Kier alpha value is -3.15. The molecule has 0 unspecified atom stereocenters. The minimum absolute atomic E-state index is 0.168. The van der Waals surface area contributed by atoms with E-state index in [9.17, 15) is 17.6 Å². The Labute approximate surface area is 206 Å². The van der Waals surface area contributed by atoms with Crippen LogP contribution in [-0.2, 0) is 10.0 Å². The number of aryl methyl sites for hydroxylation is 1. The number of benzene rings is 2. The Kier molecular flexibility index (Phi) is 6.16. The molecule has 2 aromatic heterocycles. The van der Waals surface area contributed by atoms with Crippen molar-refractivity contribution >= 4 is 43.3 Å². The number of fused-ring (bicyclic) bond motifs is 1. The molecule has 0 aliphatic carbocycles. The summed E-state index contributed by atoms with van der Waals surface area (Å²) < 4.78 is 43.6. The number of sulfonamides is 1. The monoisotopic (exact) mass is 513 g/mol. The highest BCUT2D eigenvalue weighted by Crippen LogP contribution is 2.29. The second kappa shape index (κ2) is 9.14. The molecule has 0 saturated carbocycles. The topological polar surface area (TPSA) is 97.2 Å². The summed E-state index contributed by atoms with van der Waals surface area (Å²) in [5.74, 6) is 0.0558. The van der Waals surface area contributed by atoms with Gasteiger partial charge in [0.05, 0.1) is 15.3 Å². The predicted octanol–water partition coefficient (Wildman–Crippen LogP) is 4.60. The SMILES string of the molecule is Cc1cc(NC(=O)c2ccc(S(=O)(=O)N3CCC(C)CC3)cc2)n(-c2nc3c(F)cccc3s2)n1. The molecule has 1 aliphatic heterocycles. The van der Waals surface area contributed by atoms with Crippen LogP contribution >= 0.6 is 11.3 Å². The Morgan fingerprint density at radius 3 is 2.54 bits per heavy atom. The number of hydrogen-bond acceptors (Lipinski definition) is 6. The largest absolute Gasteiger partial charge is 0.306 e. The second-order valence-corrected chi connectivity index (χ2v) is 11.7. The molecule has 3 heterocycles. The number of rotatable bonds is 5. The summed E-state index contributed by atoms with van der Waals surface area (Å²) in [6.07, 6.45) is 1.68. The van der Waals surface area contributed by atoms with Gasteiger partial charge in [0.1, 0.15) is 17.2 Å². The maximum Gasteiger partial charge on any atom is 0.256 e. The van der Waals surface area contributed by atoms with Crippen molar-refractivity contribution in [1.29, 1.82) is 0 Å². The van der Waals surface area contributed by atoms with Crippen LogP contribution in [0.15, 0.2) is 53.4 Å². The van der Waals surface area contributed by atoms with Crippen LogP contribution < -0.4 is 5.32 Å². The number of piperidine rings is 1. The standard InChI is InChI=1S/C24H24FN5O3S2/c1-15-10-12-29(13-11-15)35(32,33)18-8-6-17(7-9-18)23(31)26-21-14-16(2)28-30(21)24-27-22-19(25)4-3-5-20(22)34-24/h3-9,14-15H,10-13H2,1-2H3,(H,26,31). The van der Waals surface area contributed by atoms with E-state index >= 15 is 0 Å². The lowest BCUT2D eigenvalue weighted by atomic mass is 10.0. The average Bonchev–Trinajstić information content (AvgIpc) is 3.43. The number of amides is 1. The van der Waals surface area contributed by atoms with E-state index in [0.29, 0.717) is 45.9 Å². The fraction of sp³-hybridized carbons (Fsp3) is 0.292. The molecule has 0 bridgehead atoms. The molecular weight excluding hydrogens is 489 g/mol. The number of carbonyl (C=O) groups is 1. The van der Waals surface area contributed by atoms with Crippen LogP contribution in [-0.4, -0.2) is 46.5 Å². The van der Waals surface area contributed by atoms with Crippen molar-refractivity contribution < 1.29 is 17.6 Å². The van der Waals surface area contributed by atoms with E-state index < -0.39 is 21.7 Å². The van der Waals surface area contributed by atoms with E-state index in [1.165, 1.54) is 50.7 Å². The van der Waals surface area contributed by atoms with E-state index in [4.69, 9.17) is 0 Å². The molecule has 2 aromatic carbocycles. The maximum atomic E-state index is 14.1. The number of nitrogens with zero attached hydrogens (tertiary/aromatic N) is 4. The first-order valence-corrected chi connectivity index (χ1v) is 13.5. The molecule has 1 saturated heterocycles. The molecule has 35 heavy (non-hydrogen) atoms. The second-order valence-electron chi connectivity index (χ2n) is 8.73. The minimum Gasteiger partial charge on any atom is -0.306 e. The van der Waals surface area contributed by atoms with Gasteiger partial charge < -0.3 is 5.32 Å². The fourth-order valence-corrected chi connectivity index (χ4v) is 6.48. The molecule has 8 nitrogen and oxygen atoms in total. The molecule has 0 radical (unpaired) electrons. The quantitative estimate of drug-likeness (QED) is 0.421. The first kappa shape index (κ1) is 23.6. The molecule has 182 valence electrons. The normalized spacial score (nSPS) is 15.5. The molecule has 1 aliphatic rings. The van der Waals surface area contributed by atoms with Gasteiger partial charge in [-0.1, -0.05) is 24.3 Å². The number of aromatic nitrogens is 3. The highest BCUT2D eigenvalue weighted by atomic mass is 32.2. The molecular formula is C24H24FN5O3S2. The van der Waals surface area contributed by atoms with Crippen molar-refractivity contribution in [2.24, 2.45) is 5.92 Å². The van der Waals surface area contributed by atoms with Crippen LogP contribution in [0.25, 0.3) is 15.3 Å². The zero-order chi connectivity index (χ0) is 24.7. The Morgan fingerprint density at radius 2 is 1.86 bits per heavy atom. The smallest absolute Gasteiger partial charge is 0.256 e. The van der Waals surface area contributed by atoms with E-state index in [2.05, 4.69) is 22.3 Å². The third-order valence-electron chi connectivity index (χ3n) is 6.11. The van der Waals surface area contributed by atoms with Crippen molar-refractivity contribution in [2.45, 2.75) is 31.6 Å². The first-order chi connectivity index (χ1) is 16.7. The highest BCUT2D eigenvalue weighted by molar-refractivity contribution is 7.89. The van der Waals surface area contributed by atoms with Crippen LogP contribution in [0.5, 0.6) is 0 Å². The van der Waals surface area contributed by atoms with Crippen LogP contribution in [0.1, 0.15) is 35.8 Å². The Bertz CT molecular complexity index is 1500. The van der Waals surface area contributed by atoms with Crippen LogP contribution in [0.2, 0.25) is 0 Å². The molecule has 11 heteroatoms. The Morgan fingerprint density at radius 1 is 1.14 bits per heavy atom. The van der Waals surface area contributed by atoms with Crippen molar-refractivity contribution in [3.63, 3.8) is 0 Å². The average molecular weight is 514 g/mol. The lowest BCUT2D eigenvalue weighted by Gasteiger charge is -2.29. The molecule has 4 aromatic rings. The lowest BCUT2D eigenvalue weighted by Crippen LogP contribution is -2.37. The summed E-state index contributed by atoms with van der Waals surface area (Å²) in [4.78, 5) is 17.5. The number of halogens is 1. The van der Waals surface area contributed by atoms with E-state index in [-0.39, 0.29) is 10.4 Å².